The summed E-state index contributed by atoms with van der Waals surface area (Å²) in [4.78, 5) is 17.6. The second kappa shape index (κ2) is 4.71. The summed E-state index contributed by atoms with van der Waals surface area (Å²) in [6, 6.07) is 3.38. The number of aliphatic hydroxyl groups excluding tert-OH is 1. The fourth-order valence-electron chi connectivity index (χ4n) is 2.17. The Labute approximate surface area is 100 Å². The SMILES string of the molecule is CC1CN(c2ncccc2C(N)=O)CCC1O. The number of amides is 1. The maximum atomic E-state index is 11.3. The summed E-state index contributed by atoms with van der Waals surface area (Å²) in [6.07, 6.45) is 2.07. The van der Waals surface area contributed by atoms with Gasteiger partial charge < -0.3 is 15.7 Å². The van der Waals surface area contributed by atoms with Crippen LogP contribution in [0.1, 0.15) is 23.7 Å². The fourth-order valence-corrected chi connectivity index (χ4v) is 2.17. The summed E-state index contributed by atoms with van der Waals surface area (Å²) in [5.41, 5.74) is 5.77. The van der Waals surface area contributed by atoms with E-state index in [2.05, 4.69) is 4.98 Å². The van der Waals surface area contributed by atoms with Gasteiger partial charge in [0.1, 0.15) is 5.82 Å². The van der Waals surface area contributed by atoms with Crippen molar-refractivity contribution in [2.24, 2.45) is 11.7 Å². The molecule has 0 bridgehead atoms. The average molecular weight is 235 g/mol. The van der Waals surface area contributed by atoms with Gasteiger partial charge in [-0.2, -0.15) is 0 Å². The van der Waals surface area contributed by atoms with E-state index >= 15 is 0 Å². The summed E-state index contributed by atoms with van der Waals surface area (Å²) in [6.45, 7) is 3.38. The van der Waals surface area contributed by atoms with Crippen LogP contribution in [0.4, 0.5) is 5.82 Å². The number of carbonyl (C=O) groups excluding carboxylic acids is 1. The standard InChI is InChI=1S/C12H17N3O2/c1-8-7-15(6-4-10(8)16)12-9(11(13)17)3-2-5-14-12/h2-3,5,8,10,16H,4,6-7H2,1H3,(H2,13,17). The van der Waals surface area contributed by atoms with Crippen molar-refractivity contribution in [1.29, 1.82) is 0 Å². The topological polar surface area (TPSA) is 79.5 Å². The largest absolute Gasteiger partial charge is 0.393 e. The van der Waals surface area contributed by atoms with Crippen molar-refractivity contribution in [1.82, 2.24) is 4.98 Å². The van der Waals surface area contributed by atoms with Gasteiger partial charge in [-0.1, -0.05) is 6.92 Å². The number of nitrogens with two attached hydrogens (primary N) is 1. The van der Waals surface area contributed by atoms with Gasteiger partial charge in [-0.3, -0.25) is 4.79 Å². The third-order valence-electron chi connectivity index (χ3n) is 3.21. The van der Waals surface area contributed by atoms with Crippen molar-refractivity contribution in [2.45, 2.75) is 19.4 Å². The molecule has 0 saturated carbocycles. The third-order valence-corrected chi connectivity index (χ3v) is 3.21. The zero-order chi connectivity index (χ0) is 12.4. The molecule has 0 spiro atoms. The molecule has 17 heavy (non-hydrogen) atoms. The van der Waals surface area contributed by atoms with Gasteiger partial charge in [-0.25, -0.2) is 4.98 Å². The van der Waals surface area contributed by atoms with Crippen molar-refractivity contribution >= 4 is 11.7 Å². The van der Waals surface area contributed by atoms with E-state index in [0.717, 1.165) is 0 Å². The number of primary amides is 1. The molecule has 92 valence electrons. The van der Waals surface area contributed by atoms with Gasteiger partial charge in [0.2, 0.25) is 0 Å². The first-order valence-electron chi connectivity index (χ1n) is 5.77. The minimum atomic E-state index is -0.466. The van der Waals surface area contributed by atoms with Gasteiger partial charge in [0.25, 0.3) is 5.91 Å². The number of pyridine rings is 1. The summed E-state index contributed by atoms with van der Waals surface area (Å²) in [5.74, 6) is 0.331. The van der Waals surface area contributed by atoms with Crippen molar-refractivity contribution in [3.63, 3.8) is 0 Å². The Kier molecular flexibility index (Phi) is 3.28. The van der Waals surface area contributed by atoms with Gasteiger partial charge in [0, 0.05) is 19.3 Å². The van der Waals surface area contributed by atoms with Gasteiger partial charge in [-0.15, -0.1) is 0 Å². The molecule has 2 atom stereocenters. The highest BCUT2D eigenvalue weighted by atomic mass is 16.3. The highest BCUT2D eigenvalue weighted by Crippen LogP contribution is 2.24. The van der Waals surface area contributed by atoms with Crippen molar-refractivity contribution < 1.29 is 9.90 Å². The predicted octanol–water partition coefficient (Wildman–Crippen LogP) is 0.388. The Morgan fingerprint density at radius 2 is 2.41 bits per heavy atom. The van der Waals surface area contributed by atoms with Crippen molar-refractivity contribution in [3.8, 4) is 0 Å². The van der Waals surface area contributed by atoms with E-state index in [9.17, 15) is 9.90 Å². The van der Waals surface area contributed by atoms with Gasteiger partial charge in [0.15, 0.2) is 0 Å². The minimum Gasteiger partial charge on any atom is -0.393 e. The van der Waals surface area contributed by atoms with Crippen LogP contribution in [0.2, 0.25) is 0 Å². The lowest BCUT2D eigenvalue weighted by Crippen LogP contribution is -2.43. The van der Waals surface area contributed by atoms with Crippen LogP contribution in [0.25, 0.3) is 0 Å². The second-order valence-electron chi connectivity index (χ2n) is 4.52. The van der Waals surface area contributed by atoms with E-state index in [4.69, 9.17) is 5.73 Å². The second-order valence-corrected chi connectivity index (χ2v) is 4.52. The highest BCUT2D eigenvalue weighted by molar-refractivity contribution is 5.97. The molecule has 0 aromatic carbocycles. The molecule has 3 N–H and O–H groups in total. The molecule has 1 aliphatic rings. The molecule has 0 radical (unpaired) electrons. The first-order chi connectivity index (χ1) is 8.09. The van der Waals surface area contributed by atoms with E-state index in [1.165, 1.54) is 0 Å². The van der Waals surface area contributed by atoms with Gasteiger partial charge >= 0.3 is 0 Å². The first kappa shape index (κ1) is 11.9. The molecule has 1 aliphatic heterocycles. The van der Waals surface area contributed by atoms with Crippen molar-refractivity contribution in [3.05, 3.63) is 23.9 Å². The lowest BCUT2D eigenvalue weighted by Gasteiger charge is -2.35. The lowest BCUT2D eigenvalue weighted by atomic mass is 9.96. The number of piperidine rings is 1. The van der Waals surface area contributed by atoms with E-state index in [1.54, 1.807) is 18.3 Å². The van der Waals surface area contributed by atoms with Crippen LogP contribution in [0, 0.1) is 5.92 Å². The zero-order valence-corrected chi connectivity index (χ0v) is 9.84. The number of rotatable bonds is 2. The number of hydrogen-bond acceptors (Lipinski definition) is 4. The van der Waals surface area contributed by atoms with Crippen LogP contribution >= 0.6 is 0 Å². The molecule has 2 unspecified atom stereocenters. The average Bonchev–Trinajstić information content (AvgIpc) is 2.32. The first-order valence-corrected chi connectivity index (χ1v) is 5.77. The smallest absolute Gasteiger partial charge is 0.252 e. The van der Waals surface area contributed by atoms with E-state index < -0.39 is 5.91 Å². The molecule has 2 rings (SSSR count). The summed E-state index contributed by atoms with van der Waals surface area (Å²) in [7, 11) is 0. The van der Waals surface area contributed by atoms with Crippen LogP contribution in [-0.2, 0) is 0 Å². The quantitative estimate of drug-likeness (QED) is 0.777. The number of aliphatic hydroxyl groups is 1. The predicted molar refractivity (Wildman–Crippen MR) is 64.8 cm³/mol. The molecule has 1 amide bonds. The number of hydrogen-bond donors (Lipinski definition) is 2. The third kappa shape index (κ3) is 2.39. The molecule has 1 aromatic heterocycles. The molecule has 5 heteroatoms. The van der Waals surface area contributed by atoms with Crippen LogP contribution in [0.5, 0.6) is 0 Å². The number of aromatic nitrogens is 1. The normalized spacial score (nSPS) is 24.7. The molecule has 0 aliphatic carbocycles. The molecular formula is C12H17N3O2. The maximum absolute atomic E-state index is 11.3. The van der Waals surface area contributed by atoms with Crippen LogP contribution in [0.15, 0.2) is 18.3 Å². The van der Waals surface area contributed by atoms with Crippen LogP contribution < -0.4 is 10.6 Å². The van der Waals surface area contributed by atoms with Gasteiger partial charge in [-0.05, 0) is 24.5 Å². The molecular weight excluding hydrogens is 218 g/mol. The Hall–Kier alpha value is -1.62. The Balaban J connectivity index is 2.25. The van der Waals surface area contributed by atoms with Gasteiger partial charge in [0.05, 0.1) is 11.7 Å². The van der Waals surface area contributed by atoms with E-state index in [-0.39, 0.29) is 12.0 Å². The molecule has 1 saturated heterocycles. The zero-order valence-electron chi connectivity index (χ0n) is 9.84. The Bertz CT molecular complexity index is 422. The van der Waals surface area contributed by atoms with E-state index in [0.29, 0.717) is 30.9 Å². The van der Waals surface area contributed by atoms with E-state index in [1.807, 2.05) is 11.8 Å². The van der Waals surface area contributed by atoms with Crippen LogP contribution in [0.3, 0.4) is 0 Å². The number of carbonyl (C=O) groups is 1. The Morgan fingerprint density at radius 1 is 1.65 bits per heavy atom. The highest BCUT2D eigenvalue weighted by Gasteiger charge is 2.26. The monoisotopic (exact) mass is 235 g/mol. The minimum absolute atomic E-state index is 0.173. The number of anilines is 1. The summed E-state index contributed by atoms with van der Waals surface area (Å²) < 4.78 is 0. The Morgan fingerprint density at radius 3 is 3.06 bits per heavy atom. The maximum Gasteiger partial charge on any atom is 0.252 e. The molecule has 1 fully saturated rings. The lowest BCUT2D eigenvalue weighted by molar-refractivity contribution is 0.0964. The van der Waals surface area contributed by atoms with Crippen molar-refractivity contribution in [2.75, 3.05) is 18.0 Å². The fraction of sp³-hybridized carbons (Fsp3) is 0.500. The summed E-state index contributed by atoms with van der Waals surface area (Å²) in [5, 5.41) is 9.68. The molecule has 2 heterocycles. The molecule has 5 nitrogen and oxygen atoms in total. The number of nitrogens with zero attached hydrogens (tertiary/aromatic N) is 2. The van der Waals surface area contributed by atoms with Crippen LogP contribution in [-0.4, -0.2) is 35.2 Å². The summed E-state index contributed by atoms with van der Waals surface area (Å²) >= 11 is 0. The molecule has 1 aromatic rings.